The first kappa shape index (κ1) is 15.5. The van der Waals surface area contributed by atoms with Crippen LogP contribution in [0.2, 0.25) is 0 Å². The van der Waals surface area contributed by atoms with E-state index in [1.165, 1.54) is 0 Å². The van der Waals surface area contributed by atoms with Crippen molar-refractivity contribution in [3.05, 3.63) is 72.8 Å². The molecule has 1 amide bonds. The third kappa shape index (κ3) is 2.89. The maximum absolute atomic E-state index is 12.6. The molecule has 7 heteroatoms. The largest absolute Gasteiger partial charge is 0.295 e. The highest BCUT2D eigenvalue weighted by molar-refractivity contribution is 7.98. The summed E-state index contributed by atoms with van der Waals surface area (Å²) in [6.45, 7) is 0. The number of benzene rings is 2. The molecule has 0 unspecified atom stereocenters. The molecule has 0 radical (unpaired) electrons. The molecular weight excluding hydrogens is 334 g/mol. The van der Waals surface area contributed by atoms with Crippen molar-refractivity contribution in [3.63, 3.8) is 0 Å². The Balaban J connectivity index is 1.64. The molecule has 4 aromatic rings. The molecule has 2 aromatic heterocycles. The third-order valence-corrected chi connectivity index (χ3v) is 4.52. The number of fused-ring (bicyclic) bond motifs is 1. The maximum Gasteiger partial charge on any atom is 0.270 e. The molecular formula is C18H15N5OS. The van der Waals surface area contributed by atoms with Crippen molar-refractivity contribution in [2.75, 3.05) is 11.7 Å². The molecule has 6 nitrogen and oxygen atoms in total. The number of carbonyl (C=O) groups excluding carboxylic acids is 1. The molecule has 0 atom stereocenters. The molecule has 4 rings (SSSR count). The topological polar surface area (TPSA) is 64.7 Å². The summed E-state index contributed by atoms with van der Waals surface area (Å²) in [7, 11) is 0. The molecule has 0 aliphatic rings. The fourth-order valence-electron chi connectivity index (χ4n) is 2.66. The van der Waals surface area contributed by atoms with Gasteiger partial charge >= 0.3 is 0 Å². The fourth-order valence-corrected chi connectivity index (χ4v) is 3.19. The van der Waals surface area contributed by atoms with Crippen LogP contribution in [0.3, 0.4) is 0 Å². The lowest BCUT2D eigenvalue weighted by molar-refractivity contribution is 0.101. The van der Waals surface area contributed by atoms with Crippen LogP contribution < -0.4 is 5.43 Å². The molecule has 124 valence electrons. The van der Waals surface area contributed by atoms with Crippen LogP contribution in [-0.2, 0) is 0 Å². The van der Waals surface area contributed by atoms with Gasteiger partial charge in [0.1, 0.15) is 6.33 Å². The highest BCUT2D eigenvalue weighted by Gasteiger charge is 2.11. The van der Waals surface area contributed by atoms with Crippen LogP contribution in [0.1, 0.15) is 10.4 Å². The molecule has 0 aliphatic heterocycles. The number of amides is 1. The van der Waals surface area contributed by atoms with Crippen molar-refractivity contribution in [2.24, 2.45) is 0 Å². The number of carbonyl (C=O) groups is 1. The van der Waals surface area contributed by atoms with Crippen molar-refractivity contribution in [1.29, 1.82) is 0 Å². The van der Waals surface area contributed by atoms with Gasteiger partial charge in [0.15, 0.2) is 5.16 Å². The van der Waals surface area contributed by atoms with Gasteiger partial charge in [0.2, 0.25) is 0 Å². The van der Waals surface area contributed by atoms with Gasteiger partial charge in [0.25, 0.3) is 5.91 Å². The normalized spacial score (nSPS) is 10.9. The number of para-hydroxylation sites is 2. The molecule has 0 saturated carbocycles. The van der Waals surface area contributed by atoms with Crippen LogP contribution in [0.4, 0.5) is 0 Å². The number of nitrogens with one attached hydrogen (secondary N) is 1. The van der Waals surface area contributed by atoms with Crippen LogP contribution in [0.15, 0.2) is 72.4 Å². The Morgan fingerprint density at radius 1 is 1.12 bits per heavy atom. The zero-order chi connectivity index (χ0) is 17.2. The van der Waals surface area contributed by atoms with E-state index in [2.05, 4.69) is 15.4 Å². The van der Waals surface area contributed by atoms with Gasteiger partial charge in [-0.05, 0) is 36.6 Å². The van der Waals surface area contributed by atoms with E-state index < -0.39 is 0 Å². The molecule has 0 fully saturated rings. The van der Waals surface area contributed by atoms with Crippen LogP contribution in [0.5, 0.6) is 0 Å². The molecule has 0 spiro atoms. The van der Waals surface area contributed by atoms with E-state index in [1.54, 1.807) is 35.0 Å². The lowest BCUT2D eigenvalue weighted by Gasteiger charge is -2.10. The Labute approximate surface area is 148 Å². The highest BCUT2D eigenvalue weighted by atomic mass is 32.2. The second-order valence-corrected chi connectivity index (χ2v) is 6.15. The quantitative estimate of drug-likeness (QED) is 0.574. The zero-order valence-corrected chi connectivity index (χ0v) is 14.3. The van der Waals surface area contributed by atoms with E-state index in [4.69, 9.17) is 0 Å². The van der Waals surface area contributed by atoms with Gasteiger partial charge in [0.05, 0.1) is 11.0 Å². The van der Waals surface area contributed by atoms with Gasteiger partial charge in [-0.1, -0.05) is 30.0 Å². The molecule has 0 bridgehead atoms. The minimum absolute atomic E-state index is 0.198. The standard InChI is InChI=1S/C18H15N5OS/c1-25-18-19-9-10-22(18)14-6-4-5-13(11-14)17(24)21-23-12-20-15-7-2-3-8-16(15)23/h2-12H,1H3,(H,21,24). The Kier molecular flexibility index (Phi) is 3.99. The number of aromatic nitrogens is 4. The first-order valence-electron chi connectivity index (χ1n) is 7.67. The van der Waals surface area contributed by atoms with Gasteiger partial charge in [-0.25, -0.2) is 14.6 Å². The summed E-state index contributed by atoms with van der Waals surface area (Å²) in [5.41, 5.74) is 6.01. The predicted octanol–water partition coefficient (Wildman–Crippen LogP) is 3.33. The summed E-state index contributed by atoms with van der Waals surface area (Å²) in [4.78, 5) is 21.2. The van der Waals surface area contributed by atoms with Crippen LogP contribution >= 0.6 is 11.8 Å². The molecule has 0 aliphatic carbocycles. The third-order valence-electron chi connectivity index (χ3n) is 3.85. The second-order valence-electron chi connectivity index (χ2n) is 5.38. The van der Waals surface area contributed by atoms with Gasteiger partial charge in [-0.15, -0.1) is 0 Å². The lowest BCUT2D eigenvalue weighted by atomic mass is 10.2. The van der Waals surface area contributed by atoms with Crippen molar-refractivity contribution in [3.8, 4) is 5.69 Å². The number of rotatable bonds is 4. The first-order chi connectivity index (χ1) is 12.3. The number of hydrogen-bond donors (Lipinski definition) is 1. The second kappa shape index (κ2) is 6.45. The Bertz CT molecular complexity index is 1050. The molecule has 2 heterocycles. The number of hydrogen-bond acceptors (Lipinski definition) is 4. The van der Waals surface area contributed by atoms with Crippen LogP contribution in [-0.4, -0.2) is 31.4 Å². The minimum atomic E-state index is -0.198. The first-order valence-corrected chi connectivity index (χ1v) is 8.90. The summed E-state index contributed by atoms with van der Waals surface area (Å²) in [5.74, 6) is -0.198. The summed E-state index contributed by atoms with van der Waals surface area (Å²) >= 11 is 1.56. The van der Waals surface area contributed by atoms with Gasteiger partial charge in [-0.2, -0.15) is 0 Å². The summed E-state index contributed by atoms with van der Waals surface area (Å²) in [6.07, 6.45) is 7.20. The van der Waals surface area contributed by atoms with Crippen molar-refractivity contribution in [2.45, 2.75) is 5.16 Å². The molecule has 1 N–H and O–H groups in total. The fraction of sp³-hybridized carbons (Fsp3) is 0.0556. The minimum Gasteiger partial charge on any atom is -0.295 e. The van der Waals surface area contributed by atoms with E-state index in [0.29, 0.717) is 5.56 Å². The highest BCUT2D eigenvalue weighted by Crippen LogP contribution is 2.19. The van der Waals surface area contributed by atoms with Gasteiger partial charge < -0.3 is 0 Å². The predicted molar refractivity (Wildman–Crippen MR) is 98.8 cm³/mol. The smallest absolute Gasteiger partial charge is 0.270 e. The van der Waals surface area contributed by atoms with E-state index >= 15 is 0 Å². The van der Waals surface area contributed by atoms with Crippen molar-refractivity contribution >= 4 is 28.7 Å². The summed E-state index contributed by atoms with van der Waals surface area (Å²) < 4.78 is 3.59. The number of imidazole rings is 2. The van der Waals surface area contributed by atoms with E-state index in [0.717, 1.165) is 21.9 Å². The Hall–Kier alpha value is -3.06. The lowest BCUT2D eigenvalue weighted by Crippen LogP contribution is -2.22. The molecule has 2 aromatic carbocycles. The van der Waals surface area contributed by atoms with E-state index in [9.17, 15) is 4.79 Å². The average molecular weight is 349 g/mol. The average Bonchev–Trinajstić information content (AvgIpc) is 3.29. The van der Waals surface area contributed by atoms with Crippen molar-refractivity contribution in [1.82, 2.24) is 19.2 Å². The Morgan fingerprint density at radius 2 is 2.00 bits per heavy atom. The SMILES string of the molecule is CSc1nccn1-c1cccc(C(=O)Nn2cnc3ccccc32)c1. The van der Waals surface area contributed by atoms with E-state index in [-0.39, 0.29) is 5.91 Å². The molecule has 0 saturated heterocycles. The summed E-state index contributed by atoms with van der Waals surface area (Å²) in [5, 5.41) is 0.873. The van der Waals surface area contributed by atoms with Gasteiger partial charge in [-0.3, -0.25) is 14.8 Å². The zero-order valence-electron chi connectivity index (χ0n) is 13.5. The van der Waals surface area contributed by atoms with E-state index in [1.807, 2.05) is 59.5 Å². The number of nitrogens with zero attached hydrogens (tertiary/aromatic N) is 4. The maximum atomic E-state index is 12.6. The Morgan fingerprint density at radius 3 is 2.88 bits per heavy atom. The van der Waals surface area contributed by atoms with Crippen molar-refractivity contribution < 1.29 is 4.79 Å². The molecule has 25 heavy (non-hydrogen) atoms. The van der Waals surface area contributed by atoms with Crippen LogP contribution in [0.25, 0.3) is 16.7 Å². The summed E-state index contributed by atoms with van der Waals surface area (Å²) in [6, 6.07) is 15.1. The van der Waals surface area contributed by atoms with Gasteiger partial charge in [0, 0.05) is 23.6 Å². The number of thioether (sulfide) groups is 1. The van der Waals surface area contributed by atoms with Crippen LogP contribution in [0, 0.1) is 0 Å². The monoisotopic (exact) mass is 349 g/mol.